The quantitative estimate of drug-likeness (QED) is 0.728. The van der Waals surface area contributed by atoms with Crippen LogP contribution in [-0.4, -0.2) is 19.3 Å². The Morgan fingerprint density at radius 3 is 2.71 bits per heavy atom. The van der Waals surface area contributed by atoms with Crippen molar-refractivity contribution in [3.8, 4) is 11.5 Å². The van der Waals surface area contributed by atoms with E-state index in [1.807, 2.05) is 19.1 Å². The van der Waals surface area contributed by atoms with Crippen LogP contribution < -0.4 is 14.8 Å². The number of benzene rings is 1. The number of hydrogen-bond donors (Lipinski definition) is 1. The third-order valence-corrected chi connectivity index (χ3v) is 3.23. The minimum atomic E-state index is 0.429. The summed E-state index contributed by atoms with van der Waals surface area (Å²) in [5.41, 5.74) is 3.65. The molecule has 1 aromatic rings. The Balaban J connectivity index is 2.83. The zero-order valence-electron chi connectivity index (χ0n) is 13.4. The largest absolute Gasteiger partial charge is 0.493 e. The second-order valence-corrected chi connectivity index (χ2v) is 5.62. The molecule has 118 valence electrons. The molecule has 0 radical (unpaired) electrons. The molecule has 0 amide bonds. The summed E-state index contributed by atoms with van der Waals surface area (Å²) in [7, 11) is 0. The van der Waals surface area contributed by atoms with Crippen molar-refractivity contribution in [1.29, 1.82) is 0 Å². The van der Waals surface area contributed by atoms with Gasteiger partial charge in [0, 0.05) is 29.8 Å². The molecule has 1 rings (SSSR count). The molecule has 0 aliphatic carbocycles. The van der Waals surface area contributed by atoms with E-state index >= 15 is 0 Å². The Hall–Kier alpha value is -1.19. The second kappa shape index (κ2) is 9.69. The summed E-state index contributed by atoms with van der Waals surface area (Å²) in [5.74, 6) is 1.68. The number of nitrogens with one attached hydrogen (secondary N) is 1. The van der Waals surface area contributed by atoms with Gasteiger partial charge in [0.15, 0.2) is 0 Å². The van der Waals surface area contributed by atoms with Gasteiger partial charge >= 0.3 is 0 Å². The summed E-state index contributed by atoms with van der Waals surface area (Å²) < 4.78 is 11.5. The second-order valence-electron chi connectivity index (χ2n) is 5.40. The van der Waals surface area contributed by atoms with E-state index in [0.29, 0.717) is 19.3 Å². The van der Waals surface area contributed by atoms with Crippen LogP contribution in [0.4, 0.5) is 0 Å². The molecule has 1 N–H and O–H groups in total. The Bertz CT molecular complexity index is 458. The Kier molecular flexibility index (Phi) is 8.24. The van der Waals surface area contributed by atoms with Crippen LogP contribution in [0.1, 0.15) is 39.7 Å². The summed E-state index contributed by atoms with van der Waals surface area (Å²) in [6.45, 7) is 10.2. The fourth-order valence-corrected chi connectivity index (χ4v) is 1.73. The van der Waals surface area contributed by atoms with Crippen LogP contribution in [0.25, 0.3) is 0 Å². The van der Waals surface area contributed by atoms with Crippen molar-refractivity contribution in [3.05, 3.63) is 34.9 Å². The van der Waals surface area contributed by atoms with Crippen LogP contribution in [0.15, 0.2) is 29.3 Å². The molecule has 0 atom stereocenters. The van der Waals surface area contributed by atoms with Gasteiger partial charge in [-0.1, -0.05) is 38.4 Å². The van der Waals surface area contributed by atoms with Crippen LogP contribution in [0.3, 0.4) is 0 Å². The van der Waals surface area contributed by atoms with Gasteiger partial charge in [0.2, 0.25) is 0 Å². The smallest absolute Gasteiger partial charge is 0.127 e. The summed E-state index contributed by atoms with van der Waals surface area (Å²) in [5, 5.41) is 3.40. The first-order valence-corrected chi connectivity index (χ1v) is 7.88. The van der Waals surface area contributed by atoms with E-state index in [4.69, 9.17) is 21.1 Å². The fourth-order valence-electron chi connectivity index (χ4n) is 1.66. The SMILES string of the molecule is CCCOc1ccc(CNC(C)C)c(OC/C(C)=C/Cl)c1. The molecule has 0 heterocycles. The first-order chi connectivity index (χ1) is 10.1. The minimum Gasteiger partial charge on any atom is -0.493 e. The molecule has 0 saturated heterocycles. The average Bonchev–Trinajstić information content (AvgIpc) is 2.49. The predicted molar refractivity (Wildman–Crippen MR) is 89.3 cm³/mol. The molecular formula is C17H26ClNO2. The Morgan fingerprint density at radius 1 is 1.33 bits per heavy atom. The molecule has 0 unspecified atom stereocenters. The van der Waals surface area contributed by atoms with Gasteiger partial charge < -0.3 is 14.8 Å². The summed E-state index contributed by atoms with van der Waals surface area (Å²) in [6, 6.07) is 6.42. The van der Waals surface area contributed by atoms with E-state index in [1.165, 1.54) is 0 Å². The highest BCUT2D eigenvalue weighted by atomic mass is 35.5. The van der Waals surface area contributed by atoms with Gasteiger partial charge in [-0.2, -0.15) is 0 Å². The van der Waals surface area contributed by atoms with Crippen molar-refractivity contribution in [2.45, 2.75) is 46.7 Å². The first-order valence-electron chi connectivity index (χ1n) is 7.44. The molecule has 0 saturated carbocycles. The zero-order chi connectivity index (χ0) is 15.7. The lowest BCUT2D eigenvalue weighted by molar-refractivity contribution is 0.309. The van der Waals surface area contributed by atoms with Crippen molar-refractivity contribution >= 4 is 11.6 Å². The van der Waals surface area contributed by atoms with E-state index < -0.39 is 0 Å². The third kappa shape index (κ3) is 6.87. The van der Waals surface area contributed by atoms with Crippen molar-refractivity contribution in [2.24, 2.45) is 0 Å². The van der Waals surface area contributed by atoms with Gasteiger partial charge in [0.1, 0.15) is 18.1 Å². The highest BCUT2D eigenvalue weighted by molar-refractivity contribution is 6.25. The van der Waals surface area contributed by atoms with Crippen molar-refractivity contribution in [2.75, 3.05) is 13.2 Å². The van der Waals surface area contributed by atoms with Crippen molar-refractivity contribution in [3.63, 3.8) is 0 Å². The minimum absolute atomic E-state index is 0.429. The van der Waals surface area contributed by atoms with Crippen LogP contribution >= 0.6 is 11.6 Å². The predicted octanol–water partition coefficient (Wildman–Crippen LogP) is 4.49. The van der Waals surface area contributed by atoms with Gasteiger partial charge in [-0.3, -0.25) is 0 Å². The van der Waals surface area contributed by atoms with E-state index in [9.17, 15) is 0 Å². The van der Waals surface area contributed by atoms with Crippen molar-refractivity contribution in [1.82, 2.24) is 5.32 Å². The van der Waals surface area contributed by atoms with Gasteiger partial charge in [0.05, 0.1) is 6.61 Å². The normalized spacial score (nSPS) is 11.8. The maximum atomic E-state index is 5.87. The molecule has 3 nitrogen and oxygen atoms in total. The van der Waals surface area contributed by atoms with Crippen LogP contribution in [0, 0.1) is 0 Å². The van der Waals surface area contributed by atoms with Gasteiger partial charge in [-0.25, -0.2) is 0 Å². The molecule has 0 spiro atoms. The maximum absolute atomic E-state index is 5.87. The first kappa shape index (κ1) is 17.9. The molecule has 21 heavy (non-hydrogen) atoms. The summed E-state index contributed by atoms with van der Waals surface area (Å²) in [6.07, 6.45) is 0.987. The van der Waals surface area contributed by atoms with E-state index in [0.717, 1.165) is 35.6 Å². The molecule has 1 aromatic carbocycles. The third-order valence-electron chi connectivity index (χ3n) is 2.85. The van der Waals surface area contributed by atoms with Gasteiger partial charge in [-0.05, 0) is 25.0 Å². The Labute approximate surface area is 133 Å². The standard InChI is InChI=1S/C17H26ClNO2/c1-5-8-20-16-7-6-15(11-19-13(2)3)17(9-16)21-12-14(4)10-18/h6-7,9-10,13,19H,5,8,11-12H2,1-4H3/b14-10+. The topological polar surface area (TPSA) is 30.5 Å². The van der Waals surface area contributed by atoms with E-state index in [-0.39, 0.29) is 0 Å². The summed E-state index contributed by atoms with van der Waals surface area (Å²) in [4.78, 5) is 0. The summed E-state index contributed by atoms with van der Waals surface area (Å²) >= 11 is 5.68. The Morgan fingerprint density at radius 2 is 2.10 bits per heavy atom. The van der Waals surface area contributed by atoms with E-state index in [1.54, 1.807) is 5.54 Å². The molecule has 0 aromatic heterocycles. The zero-order valence-corrected chi connectivity index (χ0v) is 14.2. The monoisotopic (exact) mass is 311 g/mol. The lowest BCUT2D eigenvalue weighted by Crippen LogP contribution is -2.22. The maximum Gasteiger partial charge on any atom is 0.127 e. The molecular weight excluding hydrogens is 286 g/mol. The van der Waals surface area contributed by atoms with Gasteiger partial charge in [-0.15, -0.1) is 0 Å². The van der Waals surface area contributed by atoms with Crippen LogP contribution in [-0.2, 0) is 6.54 Å². The molecule has 0 aliphatic heterocycles. The highest BCUT2D eigenvalue weighted by Crippen LogP contribution is 2.26. The lowest BCUT2D eigenvalue weighted by atomic mass is 10.1. The van der Waals surface area contributed by atoms with Crippen LogP contribution in [0.5, 0.6) is 11.5 Å². The highest BCUT2D eigenvalue weighted by Gasteiger charge is 2.07. The molecule has 0 fully saturated rings. The number of ether oxygens (including phenoxy) is 2. The van der Waals surface area contributed by atoms with Gasteiger partial charge in [0.25, 0.3) is 0 Å². The average molecular weight is 312 g/mol. The molecule has 0 aliphatic rings. The molecule has 0 bridgehead atoms. The fraction of sp³-hybridized carbons (Fsp3) is 0.529. The molecule has 4 heteroatoms. The van der Waals surface area contributed by atoms with E-state index in [2.05, 4.69) is 32.2 Å². The lowest BCUT2D eigenvalue weighted by Gasteiger charge is -2.15. The number of halogens is 1. The number of hydrogen-bond acceptors (Lipinski definition) is 3. The number of rotatable bonds is 9. The van der Waals surface area contributed by atoms with Crippen molar-refractivity contribution < 1.29 is 9.47 Å². The van der Waals surface area contributed by atoms with Crippen LogP contribution in [0.2, 0.25) is 0 Å².